The van der Waals surface area contributed by atoms with Crippen LogP contribution >= 0.6 is 0 Å². The lowest BCUT2D eigenvalue weighted by molar-refractivity contribution is -0.0782. The summed E-state index contributed by atoms with van der Waals surface area (Å²) in [5.74, 6) is 6.79. The number of allylic oxidation sites excluding steroid dienone is 4. The summed E-state index contributed by atoms with van der Waals surface area (Å²) in [6.45, 7) is 23.7. The summed E-state index contributed by atoms with van der Waals surface area (Å²) < 4.78 is 0. The van der Waals surface area contributed by atoms with Crippen LogP contribution in [-0.4, -0.2) is 6.04 Å². The van der Waals surface area contributed by atoms with Crippen molar-refractivity contribution in [3.63, 3.8) is 0 Å². The molecule has 4 saturated carbocycles. The van der Waals surface area contributed by atoms with Crippen molar-refractivity contribution in [2.75, 3.05) is 0 Å². The van der Waals surface area contributed by atoms with Crippen molar-refractivity contribution in [2.24, 2.45) is 58.2 Å². The van der Waals surface area contributed by atoms with Crippen molar-refractivity contribution in [1.82, 2.24) is 5.32 Å². The van der Waals surface area contributed by atoms with E-state index in [1.165, 1.54) is 69.1 Å². The fourth-order valence-corrected chi connectivity index (χ4v) is 9.69. The first kappa shape index (κ1) is 27.1. The molecule has 2 unspecified atom stereocenters. The second-order valence-electron chi connectivity index (χ2n) is 14.6. The monoisotopic (exact) mass is 479 g/mol. The molecule has 1 nitrogen and oxygen atoms in total. The molecule has 35 heavy (non-hydrogen) atoms. The summed E-state index contributed by atoms with van der Waals surface area (Å²) in [6.07, 6.45) is 20.2. The minimum atomic E-state index is 0.359. The highest BCUT2D eigenvalue weighted by molar-refractivity contribution is 5.22. The van der Waals surface area contributed by atoms with Crippen LogP contribution in [0.1, 0.15) is 113 Å². The molecule has 4 aliphatic rings. The zero-order valence-corrected chi connectivity index (χ0v) is 24.5. The number of rotatable bonds is 7. The predicted octanol–water partition coefficient (Wildman–Crippen LogP) is 9.57. The molecule has 4 rings (SSSR count). The summed E-state index contributed by atoms with van der Waals surface area (Å²) in [7, 11) is 0. The maximum atomic E-state index is 4.48. The SMILES string of the molecule is C=C(N[C@H](C)[C@H]1CCC2[C@@H]3CC[C@@H]4CC(C)(C)CC[C@@H]4[C@H]3CC[C@@]21C)C(C)/C=C\C(=C/C)C(C)C. The fourth-order valence-electron chi connectivity index (χ4n) is 9.69. The summed E-state index contributed by atoms with van der Waals surface area (Å²) in [4.78, 5) is 0. The molecule has 0 saturated heterocycles. The van der Waals surface area contributed by atoms with Gasteiger partial charge in [-0.25, -0.2) is 0 Å². The van der Waals surface area contributed by atoms with Crippen LogP contribution in [0.3, 0.4) is 0 Å². The molecular weight excluding hydrogens is 422 g/mol. The van der Waals surface area contributed by atoms with E-state index in [1.807, 2.05) is 0 Å². The lowest BCUT2D eigenvalue weighted by Gasteiger charge is -2.57. The van der Waals surface area contributed by atoms with Gasteiger partial charge in [0.1, 0.15) is 0 Å². The molecular formula is C34H57N. The number of fused-ring (bicyclic) bond motifs is 5. The van der Waals surface area contributed by atoms with E-state index in [2.05, 4.69) is 85.5 Å². The first-order valence-electron chi connectivity index (χ1n) is 15.3. The summed E-state index contributed by atoms with van der Waals surface area (Å²) >= 11 is 0. The molecule has 1 N–H and O–H groups in total. The minimum Gasteiger partial charge on any atom is -0.386 e. The van der Waals surface area contributed by atoms with Gasteiger partial charge in [-0.3, -0.25) is 0 Å². The van der Waals surface area contributed by atoms with Crippen molar-refractivity contribution in [3.8, 4) is 0 Å². The molecule has 0 aromatic carbocycles. The Morgan fingerprint density at radius 1 is 0.886 bits per heavy atom. The summed E-state index contributed by atoms with van der Waals surface area (Å²) in [5.41, 5.74) is 3.72. The highest BCUT2D eigenvalue weighted by Gasteiger charge is 2.58. The van der Waals surface area contributed by atoms with Gasteiger partial charge in [-0.15, -0.1) is 0 Å². The first-order valence-corrected chi connectivity index (χ1v) is 15.3. The van der Waals surface area contributed by atoms with E-state index in [-0.39, 0.29) is 0 Å². The van der Waals surface area contributed by atoms with Gasteiger partial charge < -0.3 is 5.32 Å². The van der Waals surface area contributed by atoms with Crippen LogP contribution in [0.25, 0.3) is 0 Å². The second-order valence-corrected chi connectivity index (χ2v) is 14.6. The largest absolute Gasteiger partial charge is 0.386 e. The summed E-state index contributed by atoms with van der Waals surface area (Å²) in [6, 6.07) is 0.517. The van der Waals surface area contributed by atoms with Crippen molar-refractivity contribution in [3.05, 3.63) is 36.1 Å². The molecule has 0 heterocycles. The van der Waals surface area contributed by atoms with Gasteiger partial charge >= 0.3 is 0 Å². The molecule has 0 aliphatic heterocycles. The Kier molecular flexibility index (Phi) is 8.05. The van der Waals surface area contributed by atoms with E-state index in [0.29, 0.717) is 28.7 Å². The third kappa shape index (κ3) is 5.36. The van der Waals surface area contributed by atoms with Crippen LogP contribution < -0.4 is 5.32 Å². The topological polar surface area (TPSA) is 12.0 Å². The zero-order chi connectivity index (χ0) is 25.5. The van der Waals surface area contributed by atoms with Gasteiger partial charge in [-0.05, 0) is 124 Å². The van der Waals surface area contributed by atoms with E-state index < -0.39 is 0 Å². The van der Waals surface area contributed by atoms with Crippen molar-refractivity contribution in [1.29, 1.82) is 0 Å². The standard InChI is InChI=1S/C34H57N/c1-10-26(22(2)3)12-11-23(4)24(5)35-25(6)31-15-16-32-30-14-13-27-21-33(7,8)19-17-28(27)29(30)18-20-34(31,32)9/h10-12,22-23,25,27-32,35H,5,13-21H2,1-4,6-9H3/b12-11-,26-10+/t23?,25-,27-,28+,29-,30-,31-,32?,34-/m1/s1. The van der Waals surface area contributed by atoms with Gasteiger partial charge in [0, 0.05) is 17.7 Å². The normalized spacial score (nSPS) is 40.7. The van der Waals surface area contributed by atoms with Crippen molar-refractivity contribution < 1.29 is 0 Å². The van der Waals surface area contributed by atoms with Gasteiger partial charge in [0.15, 0.2) is 0 Å². The quantitative estimate of drug-likeness (QED) is 0.358. The predicted molar refractivity (Wildman–Crippen MR) is 153 cm³/mol. The Morgan fingerprint density at radius 3 is 2.29 bits per heavy atom. The van der Waals surface area contributed by atoms with Gasteiger partial charge in [-0.1, -0.05) is 71.9 Å². The lowest BCUT2D eigenvalue weighted by Crippen LogP contribution is -2.51. The third-order valence-electron chi connectivity index (χ3n) is 11.7. The van der Waals surface area contributed by atoms with E-state index in [0.717, 1.165) is 35.5 Å². The fraction of sp³-hybridized carbons (Fsp3) is 0.824. The molecule has 0 amide bonds. The zero-order valence-electron chi connectivity index (χ0n) is 24.5. The second kappa shape index (κ2) is 10.4. The van der Waals surface area contributed by atoms with Crippen molar-refractivity contribution in [2.45, 2.75) is 119 Å². The Balaban J connectivity index is 1.39. The maximum absolute atomic E-state index is 4.48. The van der Waals surface area contributed by atoms with Gasteiger partial charge in [-0.2, -0.15) is 0 Å². The van der Waals surface area contributed by atoms with Gasteiger partial charge in [0.05, 0.1) is 0 Å². The average Bonchev–Trinajstić information content (AvgIpc) is 3.15. The first-order chi connectivity index (χ1) is 16.5. The highest BCUT2D eigenvalue weighted by Crippen LogP contribution is 2.65. The summed E-state index contributed by atoms with van der Waals surface area (Å²) in [5, 5.41) is 3.91. The Bertz CT molecular complexity index is 814. The van der Waals surface area contributed by atoms with E-state index in [4.69, 9.17) is 0 Å². The van der Waals surface area contributed by atoms with Crippen LogP contribution in [0.5, 0.6) is 0 Å². The number of hydrogen-bond donors (Lipinski definition) is 1. The lowest BCUT2D eigenvalue weighted by atomic mass is 9.48. The maximum Gasteiger partial charge on any atom is 0.0263 e. The highest BCUT2D eigenvalue weighted by atomic mass is 14.9. The molecule has 9 atom stereocenters. The van der Waals surface area contributed by atoms with Gasteiger partial charge in [0.2, 0.25) is 0 Å². The van der Waals surface area contributed by atoms with E-state index >= 15 is 0 Å². The molecule has 1 heteroatoms. The smallest absolute Gasteiger partial charge is 0.0263 e. The minimum absolute atomic E-state index is 0.359. The van der Waals surface area contributed by atoms with Gasteiger partial charge in [0.25, 0.3) is 0 Å². The molecule has 4 aliphatic carbocycles. The third-order valence-corrected chi connectivity index (χ3v) is 11.7. The van der Waals surface area contributed by atoms with Crippen LogP contribution in [-0.2, 0) is 0 Å². The van der Waals surface area contributed by atoms with E-state index in [1.54, 1.807) is 0 Å². The molecule has 0 aromatic rings. The molecule has 0 bridgehead atoms. The number of hydrogen-bond acceptors (Lipinski definition) is 1. The molecule has 0 aromatic heterocycles. The Labute approximate surface area is 218 Å². The van der Waals surface area contributed by atoms with Crippen LogP contribution in [0.2, 0.25) is 0 Å². The van der Waals surface area contributed by atoms with Crippen molar-refractivity contribution >= 4 is 0 Å². The van der Waals surface area contributed by atoms with E-state index in [9.17, 15) is 0 Å². The molecule has 198 valence electrons. The molecule has 0 radical (unpaired) electrons. The number of nitrogens with one attached hydrogen (secondary N) is 1. The van der Waals surface area contributed by atoms with Crippen LogP contribution in [0, 0.1) is 58.2 Å². The van der Waals surface area contributed by atoms with Crippen LogP contribution in [0.4, 0.5) is 0 Å². The molecule has 0 spiro atoms. The average molecular weight is 480 g/mol. The van der Waals surface area contributed by atoms with Crippen LogP contribution in [0.15, 0.2) is 36.1 Å². The molecule has 4 fully saturated rings. The Hall–Kier alpha value is -0.980. The Morgan fingerprint density at radius 2 is 1.60 bits per heavy atom.